The summed E-state index contributed by atoms with van der Waals surface area (Å²) in [7, 11) is -3.74. The van der Waals surface area contributed by atoms with Crippen molar-refractivity contribution < 1.29 is 17.9 Å². The average molecular weight is 453 g/mol. The zero-order chi connectivity index (χ0) is 22.5. The Morgan fingerprint density at radius 3 is 2.56 bits per heavy atom. The van der Waals surface area contributed by atoms with Crippen molar-refractivity contribution in [3.63, 3.8) is 0 Å². The van der Waals surface area contributed by atoms with Gasteiger partial charge in [-0.25, -0.2) is 12.8 Å². The van der Waals surface area contributed by atoms with Gasteiger partial charge in [-0.1, -0.05) is 42.0 Å². The molecule has 2 N–H and O–H groups in total. The van der Waals surface area contributed by atoms with E-state index in [1.165, 1.54) is 6.07 Å². The summed E-state index contributed by atoms with van der Waals surface area (Å²) in [5.74, 6) is -0.403. The first kappa shape index (κ1) is 21.1. The molecule has 0 amide bonds. The quantitative estimate of drug-likeness (QED) is 0.618. The number of rotatable bonds is 4. The maximum absolute atomic E-state index is 14.5. The SMILES string of the molecule is Cc1ccc(S(=O)(=O)N2CCC3C2c2cc(-c4ccccc4F)ccc2N[C@H]3CO)cc1. The largest absolute Gasteiger partial charge is 0.394 e. The summed E-state index contributed by atoms with van der Waals surface area (Å²) in [6.45, 7) is 2.20. The minimum absolute atomic E-state index is 0.0800. The van der Waals surface area contributed by atoms with Crippen LogP contribution in [0.25, 0.3) is 11.1 Å². The number of anilines is 1. The predicted molar refractivity (Wildman–Crippen MR) is 122 cm³/mol. The average Bonchev–Trinajstić information content (AvgIpc) is 3.25. The number of nitrogens with one attached hydrogen (secondary N) is 1. The Morgan fingerprint density at radius 1 is 1.09 bits per heavy atom. The van der Waals surface area contributed by atoms with E-state index in [0.717, 1.165) is 16.8 Å². The second-order valence-corrected chi connectivity index (χ2v) is 10.4. The molecule has 3 aromatic rings. The van der Waals surface area contributed by atoms with Crippen LogP contribution in [0.15, 0.2) is 71.6 Å². The molecule has 1 fully saturated rings. The normalized spacial score (nSPS) is 22.8. The number of aliphatic hydroxyl groups excluding tert-OH is 1. The molecule has 166 valence electrons. The van der Waals surface area contributed by atoms with Crippen LogP contribution in [-0.4, -0.2) is 37.0 Å². The molecule has 7 heteroatoms. The second kappa shape index (κ2) is 7.99. The van der Waals surface area contributed by atoms with Crippen molar-refractivity contribution >= 4 is 15.7 Å². The molecule has 3 aromatic carbocycles. The summed E-state index contributed by atoms with van der Waals surface area (Å²) in [5.41, 5.74) is 3.75. The number of aliphatic hydroxyl groups is 1. The lowest BCUT2D eigenvalue weighted by Gasteiger charge is -2.39. The van der Waals surface area contributed by atoms with Gasteiger partial charge in [0.2, 0.25) is 10.0 Å². The van der Waals surface area contributed by atoms with Crippen molar-refractivity contribution in [1.82, 2.24) is 4.31 Å². The molecule has 1 saturated heterocycles. The number of fused-ring (bicyclic) bond motifs is 3. The zero-order valence-corrected chi connectivity index (χ0v) is 18.5. The van der Waals surface area contributed by atoms with Crippen LogP contribution in [0.4, 0.5) is 10.1 Å². The lowest BCUT2D eigenvalue weighted by Crippen LogP contribution is -2.42. The number of halogens is 1. The number of sulfonamides is 1. The van der Waals surface area contributed by atoms with Gasteiger partial charge in [-0.2, -0.15) is 4.31 Å². The van der Waals surface area contributed by atoms with E-state index in [0.29, 0.717) is 24.1 Å². The van der Waals surface area contributed by atoms with Gasteiger partial charge in [0, 0.05) is 23.7 Å². The smallest absolute Gasteiger partial charge is 0.243 e. The molecule has 5 rings (SSSR count). The molecule has 0 bridgehead atoms. The molecule has 2 heterocycles. The lowest BCUT2D eigenvalue weighted by molar-refractivity contribution is 0.210. The van der Waals surface area contributed by atoms with Crippen LogP contribution in [0.1, 0.15) is 23.6 Å². The second-order valence-electron chi connectivity index (χ2n) is 8.54. The number of nitrogens with zero attached hydrogens (tertiary/aromatic N) is 1. The highest BCUT2D eigenvalue weighted by atomic mass is 32.2. The third kappa shape index (κ3) is 3.41. The summed E-state index contributed by atoms with van der Waals surface area (Å²) in [6, 6.07) is 18.3. The van der Waals surface area contributed by atoms with E-state index in [-0.39, 0.29) is 29.3 Å². The molecule has 2 unspecified atom stereocenters. The van der Waals surface area contributed by atoms with Gasteiger partial charge in [0.25, 0.3) is 0 Å². The fourth-order valence-electron chi connectivity index (χ4n) is 5.00. The summed E-state index contributed by atoms with van der Waals surface area (Å²) in [5, 5.41) is 13.4. The van der Waals surface area contributed by atoms with Crippen LogP contribution >= 0.6 is 0 Å². The van der Waals surface area contributed by atoms with Crippen molar-refractivity contribution in [2.75, 3.05) is 18.5 Å². The molecule has 0 spiro atoms. The fourth-order valence-corrected chi connectivity index (χ4v) is 6.66. The highest BCUT2D eigenvalue weighted by molar-refractivity contribution is 7.89. The van der Waals surface area contributed by atoms with Gasteiger partial charge >= 0.3 is 0 Å². The summed E-state index contributed by atoms with van der Waals surface area (Å²) < 4.78 is 43.2. The van der Waals surface area contributed by atoms with Crippen LogP contribution in [-0.2, 0) is 10.0 Å². The Hall–Kier alpha value is -2.74. The molecule has 0 saturated carbocycles. The first-order valence-electron chi connectivity index (χ1n) is 10.7. The van der Waals surface area contributed by atoms with Crippen molar-refractivity contribution in [1.29, 1.82) is 0 Å². The van der Waals surface area contributed by atoms with Gasteiger partial charge in [0.05, 0.1) is 23.6 Å². The van der Waals surface area contributed by atoms with E-state index in [1.807, 2.05) is 25.1 Å². The Bertz CT molecular complexity index is 1260. The number of hydrogen-bond donors (Lipinski definition) is 2. The van der Waals surface area contributed by atoms with Gasteiger partial charge in [0.1, 0.15) is 5.82 Å². The summed E-state index contributed by atoms with van der Waals surface area (Å²) in [6.07, 6.45) is 0.636. The highest BCUT2D eigenvalue weighted by Crippen LogP contribution is 2.49. The van der Waals surface area contributed by atoms with Gasteiger partial charge in [-0.05, 0) is 54.8 Å². The third-order valence-corrected chi connectivity index (χ3v) is 8.53. The third-order valence-electron chi connectivity index (χ3n) is 6.64. The van der Waals surface area contributed by atoms with Crippen LogP contribution < -0.4 is 5.32 Å². The Labute approximate surface area is 187 Å². The molecule has 32 heavy (non-hydrogen) atoms. The maximum atomic E-state index is 14.5. The standard InChI is InChI=1S/C25H25FN2O3S/c1-16-6-9-18(10-7-16)32(30,31)28-13-12-20-24(15-29)27-23-11-8-17(14-21(23)25(20)28)19-4-2-3-5-22(19)26/h2-11,14,20,24-25,27,29H,12-13,15H2,1H3/t20?,24-,25?/m0/s1. The van der Waals surface area contributed by atoms with Crippen molar-refractivity contribution in [2.45, 2.75) is 30.3 Å². The van der Waals surface area contributed by atoms with E-state index in [4.69, 9.17) is 0 Å². The minimum atomic E-state index is -3.74. The van der Waals surface area contributed by atoms with Gasteiger partial charge < -0.3 is 10.4 Å². The Kier molecular flexibility index (Phi) is 5.28. The molecule has 3 atom stereocenters. The van der Waals surface area contributed by atoms with Crippen molar-refractivity contribution in [2.24, 2.45) is 5.92 Å². The fraction of sp³-hybridized carbons (Fsp3) is 0.280. The molecule has 5 nitrogen and oxygen atoms in total. The van der Waals surface area contributed by atoms with Gasteiger partial charge in [-0.3, -0.25) is 0 Å². The number of hydrogen-bond acceptors (Lipinski definition) is 4. The van der Waals surface area contributed by atoms with E-state index in [1.54, 1.807) is 46.8 Å². The van der Waals surface area contributed by atoms with Crippen LogP contribution in [0.2, 0.25) is 0 Å². The maximum Gasteiger partial charge on any atom is 0.243 e. The van der Waals surface area contributed by atoms with Crippen LogP contribution in [0.5, 0.6) is 0 Å². The molecular weight excluding hydrogens is 427 g/mol. The predicted octanol–water partition coefficient (Wildman–Crippen LogP) is 4.34. The van der Waals surface area contributed by atoms with E-state index in [9.17, 15) is 17.9 Å². The van der Waals surface area contributed by atoms with Crippen molar-refractivity contribution in [3.8, 4) is 11.1 Å². The molecule has 0 aliphatic carbocycles. The Balaban J connectivity index is 1.62. The summed E-state index contributed by atoms with van der Waals surface area (Å²) >= 11 is 0. The van der Waals surface area contributed by atoms with Gasteiger partial charge in [-0.15, -0.1) is 0 Å². The number of aryl methyl sites for hydroxylation is 1. The first-order valence-corrected chi connectivity index (χ1v) is 12.2. The summed E-state index contributed by atoms with van der Waals surface area (Å²) in [4.78, 5) is 0.259. The van der Waals surface area contributed by atoms with Crippen LogP contribution in [0, 0.1) is 18.7 Å². The minimum Gasteiger partial charge on any atom is -0.394 e. The monoisotopic (exact) mass is 452 g/mol. The van der Waals surface area contributed by atoms with Crippen LogP contribution in [0.3, 0.4) is 0 Å². The van der Waals surface area contributed by atoms with E-state index >= 15 is 0 Å². The van der Waals surface area contributed by atoms with E-state index in [2.05, 4.69) is 5.32 Å². The van der Waals surface area contributed by atoms with Crippen molar-refractivity contribution in [3.05, 3.63) is 83.7 Å². The molecule has 2 aliphatic heterocycles. The lowest BCUT2D eigenvalue weighted by atomic mass is 9.82. The highest BCUT2D eigenvalue weighted by Gasteiger charge is 2.48. The Morgan fingerprint density at radius 2 is 1.84 bits per heavy atom. The van der Waals surface area contributed by atoms with Gasteiger partial charge in [0.15, 0.2) is 0 Å². The molecule has 0 radical (unpaired) electrons. The number of benzene rings is 3. The molecular formula is C25H25FN2O3S. The topological polar surface area (TPSA) is 69.6 Å². The molecule has 0 aromatic heterocycles. The first-order chi connectivity index (χ1) is 15.4. The van der Waals surface area contributed by atoms with E-state index < -0.39 is 16.1 Å². The molecule has 2 aliphatic rings. The zero-order valence-electron chi connectivity index (χ0n) is 17.7.